The lowest BCUT2D eigenvalue weighted by molar-refractivity contribution is 0.0950. The Kier molecular flexibility index (Phi) is 4.87. The van der Waals surface area contributed by atoms with Crippen molar-refractivity contribution in [2.24, 2.45) is 0 Å². The summed E-state index contributed by atoms with van der Waals surface area (Å²) in [4.78, 5) is 11.6. The molecule has 1 aromatic carbocycles. The lowest BCUT2D eigenvalue weighted by Crippen LogP contribution is -2.24. The van der Waals surface area contributed by atoms with Crippen molar-refractivity contribution >= 4 is 11.7 Å². The highest BCUT2D eigenvalue weighted by atomic mass is 16.1. The van der Waals surface area contributed by atoms with Gasteiger partial charge in [0.2, 0.25) is 0 Å². The van der Waals surface area contributed by atoms with Crippen molar-refractivity contribution in [3.8, 4) is 0 Å². The third kappa shape index (κ3) is 3.78. The number of benzene rings is 1. The number of rotatable bonds is 5. The smallest absolute Gasteiger partial charge is 0.271 e. The molecule has 0 bridgehead atoms. The number of anilines is 1. The molecule has 5 heteroatoms. The molecule has 5 nitrogen and oxygen atoms in total. The number of carbonyl (C=O) groups is 1. The third-order valence-corrected chi connectivity index (χ3v) is 3.25. The van der Waals surface area contributed by atoms with Crippen LogP contribution < -0.4 is 10.6 Å². The van der Waals surface area contributed by atoms with Crippen molar-refractivity contribution in [1.29, 1.82) is 0 Å². The summed E-state index contributed by atoms with van der Waals surface area (Å²) >= 11 is 0. The normalized spacial score (nSPS) is 11.8. The summed E-state index contributed by atoms with van der Waals surface area (Å²) in [5.41, 5.74) is 2.77. The van der Waals surface area contributed by atoms with E-state index in [1.807, 2.05) is 19.1 Å². The van der Waals surface area contributed by atoms with Crippen molar-refractivity contribution in [3.05, 3.63) is 53.2 Å². The minimum absolute atomic E-state index is 0.121. The quantitative estimate of drug-likeness (QED) is 0.886. The van der Waals surface area contributed by atoms with Crippen LogP contribution in [0.1, 0.15) is 41.5 Å². The molecule has 1 aromatic heterocycles. The van der Waals surface area contributed by atoms with Crippen LogP contribution in [-0.4, -0.2) is 22.6 Å². The van der Waals surface area contributed by atoms with Crippen LogP contribution in [0.25, 0.3) is 0 Å². The minimum atomic E-state index is -0.205. The first-order valence-electron chi connectivity index (χ1n) is 7.05. The van der Waals surface area contributed by atoms with E-state index in [2.05, 4.69) is 46.8 Å². The fraction of sp³-hybridized carbons (Fsp3) is 0.312. The molecule has 2 aromatic rings. The number of aryl methyl sites for hydroxylation is 1. The van der Waals surface area contributed by atoms with Crippen molar-refractivity contribution < 1.29 is 4.79 Å². The zero-order valence-electron chi connectivity index (χ0n) is 12.6. The third-order valence-electron chi connectivity index (χ3n) is 3.25. The van der Waals surface area contributed by atoms with Crippen molar-refractivity contribution in [3.63, 3.8) is 0 Å². The van der Waals surface area contributed by atoms with Crippen LogP contribution in [-0.2, 0) is 0 Å². The lowest BCUT2D eigenvalue weighted by Gasteiger charge is -2.16. The molecule has 1 heterocycles. The zero-order chi connectivity index (χ0) is 15.2. The van der Waals surface area contributed by atoms with E-state index in [4.69, 9.17) is 0 Å². The molecule has 0 saturated heterocycles. The van der Waals surface area contributed by atoms with Crippen LogP contribution in [0.4, 0.5) is 5.82 Å². The van der Waals surface area contributed by atoms with Gasteiger partial charge < -0.3 is 10.6 Å². The van der Waals surface area contributed by atoms with E-state index in [0.29, 0.717) is 18.1 Å². The standard InChI is InChI=1S/C16H20N4O/c1-4-17-16(21)14-9-10-15(20-19-14)18-12(3)13-8-6-5-7-11(13)2/h5-10,12H,4H2,1-3H3,(H,17,21)(H,18,20). The molecule has 0 radical (unpaired) electrons. The van der Waals surface area contributed by atoms with Crippen molar-refractivity contribution in [1.82, 2.24) is 15.5 Å². The fourth-order valence-corrected chi connectivity index (χ4v) is 2.15. The first-order valence-corrected chi connectivity index (χ1v) is 7.05. The lowest BCUT2D eigenvalue weighted by atomic mass is 10.0. The molecule has 0 aliphatic rings. The maximum Gasteiger partial charge on any atom is 0.271 e. The Morgan fingerprint density at radius 1 is 1.19 bits per heavy atom. The molecule has 0 spiro atoms. The summed E-state index contributed by atoms with van der Waals surface area (Å²) in [5, 5.41) is 14.0. The first-order chi connectivity index (χ1) is 10.1. The molecule has 21 heavy (non-hydrogen) atoms. The molecule has 2 N–H and O–H groups in total. The van der Waals surface area contributed by atoms with E-state index in [0.717, 1.165) is 0 Å². The van der Waals surface area contributed by atoms with Gasteiger partial charge in [0.1, 0.15) is 5.82 Å². The Labute approximate surface area is 124 Å². The summed E-state index contributed by atoms with van der Waals surface area (Å²) < 4.78 is 0. The summed E-state index contributed by atoms with van der Waals surface area (Å²) in [5.74, 6) is 0.447. The SMILES string of the molecule is CCNC(=O)c1ccc(NC(C)c2ccccc2C)nn1. The maximum atomic E-state index is 11.6. The summed E-state index contributed by atoms with van der Waals surface area (Å²) in [6.45, 7) is 6.59. The minimum Gasteiger partial charge on any atom is -0.362 e. The number of amides is 1. The van der Waals surface area contributed by atoms with Gasteiger partial charge in [0.05, 0.1) is 6.04 Å². The Bertz CT molecular complexity index is 610. The molecule has 1 atom stereocenters. The number of hydrogen-bond acceptors (Lipinski definition) is 4. The average molecular weight is 284 g/mol. The number of carbonyl (C=O) groups excluding carboxylic acids is 1. The second-order valence-corrected chi connectivity index (χ2v) is 4.89. The van der Waals surface area contributed by atoms with Crippen LogP contribution >= 0.6 is 0 Å². The molecule has 0 fully saturated rings. The predicted molar refractivity (Wildman–Crippen MR) is 83.3 cm³/mol. The molecule has 2 rings (SSSR count). The Morgan fingerprint density at radius 2 is 1.95 bits per heavy atom. The van der Waals surface area contributed by atoms with E-state index < -0.39 is 0 Å². The Balaban J connectivity index is 2.07. The van der Waals surface area contributed by atoms with Crippen LogP contribution in [0.15, 0.2) is 36.4 Å². The second-order valence-electron chi connectivity index (χ2n) is 4.89. The van der Waals surface area contributed by atoms with Gasteiger partial charge in [0.25, 0.3) is 5.91 Å². The van der Waals surface area contributed by atoms with Crippen LogP contribution in [0.5, 0.6) is 0 Å². The Hall–Kier alpha value is -2.43. The van der Waals surface area contributed by atoms with Gasteiger partial charge in [-0.15, -0.1) is 10.2 Å². The Morgan fingerprint density at radius 3 is 2.57 bits per heavy atom. The monoisotopic (exact) mass is 284 g/mol. The molecule has 110 valence electrons. The van der Waals surface area contributed by atoms with Gasteiger partial charge in [-0.2, -0.15) is 0 Å². The average Bonchev–Trinajstić information content (AvgIpc) is 2.48. The molecular weight excluding hydrogens is 264 g/mol. The summed E-state index contributed by atoms with van der Waals surface area (Å²) in [6, 6.07) is 11.8. The zero-order valence-corrected chi connectivity index (χ0v) is 12.6. The molecule has 0 aliphatic heterocycles. The van der Waals surface area contributed by atoms with Gasteiger partial charge in [0, 0.05) is 6.54 Å². The summed E-state index contributed by atoms with van der Waals surface area (Å²) in [7, 11) is 0. The molecule has 0 saturated carbocycles. The van der Waals surface area contributed by atoms with E-state index >= 15 is 0 Å². The van der Waals surface area contributed by atoms with Gasteiger partial charge in [-0.25, -0.2) is 0 Å². The highest BCUT2D eigenvalue weighted by molar-refractivity contribution is 5.92. The molecule has 0 aliphatic carbocycles. The number of nitrogens with one attached hydrogen (secondary N) is 2. The van der Waals surface area contributed by atoms with Crippen molar-refractivity contribution in [2.45, 2.75) is 26.8 Å². The van der Waals surface area contributed by atoms with Crippen molar-refractivity contribution in [2.75, 3.05) is 11.9 Å². The predicted octanol–water partition coefficient (Wildman–Crippen LogP) is 2.71. The molecule has 1 amide bonds. The topological polar surface area (TPSA) is 66.9 Å². The van der Waals surface area contributed by atoms with E-state index in [1.54, 1.807) is 12.1 Å². The van der Waals surface area contributed by atoms with Gasteiger partial charge in [-0.3, -0.25) is 4.79 Å². The number of nitrogens with zero attached hydrogens (tertiary/aromatic N) is 2. The molecule has 1 unspecified atom stereocenters. The second kappa shape index (κ2) is 6.83. The fourth-order valence-electron chi connectivity index (χ4n) is 2.15. The first kappa shape index (κ1) is 15.0. The van der Waals surface area contributed by atoms with Crippen LogP contribution in [0, 0.1) is 6.92 Å². The number of hydrogen-bond donors (Lipinski definition) is 2. The van der Waals surface area contributed by atoms with Gasteiger partial charge in [-0.05, 0) is 44.0 Å². The van der Waals surface area contributed by atoms with E-state index in [9.17, 15) is 4.79 Å². The number of aromatic nitrogens is 2. The highest BCUT2D eigenvalue weighted by Crippen LogP contribution is 2.20. The summed E-state index contributed by atoms with van der Waals surface area (Å²) in [6.07, 6.45) is 0. The van der Waals surface area contributed by atoms with Gasteiger partial charge >= 0.3 is 0 Å². The maximum absolute atomic E-state index is 11.6. The van der Waals surface area contributed by atoms with Crippen LogP contribution in [0.3, 0.4) is 0 Å². The van der Waals surface area contributed by atoms with E-state index in [1.165, 1.54) is 11.1 Å². The van der Waals surface area contributed by atoms with E-state index in [-0.39, 0.29) is 11.9 Å². The molecular formula is C16H20N4O. The van der Waals surface area contributed by atoms with Gasteiger partial charge in [-0.1, -0.05) is 24.3 Å². The van der Waals surface area contributed by atoms with Crippen LogP contribution in [0.2, 0.25) is 0 Å². The van der Waals surface area contributed by atoms with Gasteiger partial charge in [0.15, 0.2) is 5.69 Å². The largest absolute Gasteiger partial charge is 0.362 e. The highest BCUT2D eigenvalue weighted by Gasteiger charge is 2.10.